The largest absolute Gasteiger partial charge is 0.347 e. The average Bonchev–Trinajstić information content (AvgIpc) is 3.39. The third-order valence-electron chi connectivity index (χ3n) is 5.37. The maximum atomic E-state index is 13.1. The van der Waals surface area contributed by atoms with Gasteiger partial charge in [0.1, 0.15) is 0 Å². The maximum Gasteiger partial charge on any atom is 0.227 e. The molecule has 1 atom stereocenters. The molecule has 7 heteroatoms. The van der Waals surface area contributed by atoms with Crippen molar-refractivity contribution in [3.8, 4) is 11.3 Å². The van der Waals surface area contributed by atoms with E-state index in [1.807, 2.05) is 42.1 Å². The number of aryl methyl sites for hydroxylation is 1. The van der Waals surface area contributed by atoms with Gasteiger partial charge in [0.2, 0.25) is 11.9 Å². The minimum atomic E-state index is -0.0109. The van der Waals surface area contributed by atoms with Crippen molar-refractivity contribution in [1.29, 1.82) is 0 Å². The Labute approximate surface area is 170 Å². The van der Waals surface area contributed by atoms with E-state index < -0.39 is 0 Å². The molecular formula is C22H26N6O. The summed E-state index contributed by atoms with van der Waals surface area (Å²) >= 11 is 0. The Morgan fingerprint density at radius 1 is 1.24 bits per heavy atom. The van der Waals surface area contributed by atoms with Gasteiger partial charge in [-0.1, -0.05) is 29.8 Å². The van der Waals surface area contributed by atoms with E-state index in [-0.39, 0.29) is 11.9 Å². The van der Waals surface area contributed by atoms with Gasteiger partial charge in [0.25, 0.3) is 0 Å². The first-order chi connectivity index (χ1) is 14.0. The van der Waals surface area contributed by atoms with E-state index >= 15 is 0 Å². The predicted molar refractivity (Wildman–Crippen MR) is 113 cm³/mol. The lowest BCUT2D eigenvalue weighted by Crippen LogP contribution is -2.32. The number of aromatic nitrogens is 4. The van der Waals surface area contributed by atoms with Gasteiger partial charge in [-0.2, -0.15) is 5.10 Å². The van der Waals surface area contributed by atoms with Crippen LogP contribution in [0, 0.1) is 6.92 Å². The number of nitrogens with one attached hydrogen (secondary N) is 1. The van der Waals surface area contributed by atoms with Crippen molar-refractivity contribution in [1.82, 2.24) is 25.1 Å². The Morgan fingerprint density at radius 2 is 2.03 bits per heavy atom. The molecule has 1 aromatic carbocycles. The minimum Gasteiger partial charge on any atom is -0.347 e. The van der Waals surface area contributed by atoms with Gasteiger partial charge in [-0.15, -0.1) is 0 Å². The smallest absolute Gasteiger partial charge is 0.227 e. The van der Waals surface area contributed by atoms with E-state index in [2.05, 4.69) is 39.2 Å². The zero-order valence-corrected chi connectivity index (χ0v) is 17.1. The number of H-pyrrole nitrogens is 1. The number of benzene rings is 1. The van der Waals surface area contributed by atoms with Crippen molar-refractivity contribution in [3.63, 3.8) is 0 Å². The van der Waals surface area contributed by atoms with E-state index in [0.29, 0.717) is 12.4 Å². The van der Waals surface area contributed by atoms with Gasteiger partial charge < -0.3 is 9.80 Å². The molecule has 0 aliphatic carbocycles. The molecule has 7 nitrogen and oxygen atoms in total. The van der Waals surface area contributed by atoms with E-state index in [4.69, 9.17) is 0 Å². The van der Waals surface area contributed by atoms with Crippen LogP contribution in [-0.2, 0) is 11.2 Å². The second-order valence-electron chi connectivity index (χ2n) is 7.74. The summed E-state index contributed by atoms with van der Waals surface area (Å²) < 4.78 is 0. The van der Waals surface area contributed by atoms with Gasteiger partial charge in [-0.05, 0) is 31.4 Å². The Kier molecular flexibility index (Phi) is 5.29. The Bertz CT molecular complexity index is 995. The van der Waals surface area contributed by atoms with Crippen LogP contribution >= 0.6 is 0 Å². The lowest BCUT2D eigenvalue weighted by Gasteiger charge is -2.25. The first kappa shape index (κ1) is 19.1. The molecule has 1 unspecified atom stereocenters. The van der Waals surface area contributed by atoms with Gasteiger partial charge in [0, 0.05) is 32.4 Å². The predicted octanol–water partition coefficient (Wildman–Crippen LogP) is 3.15. The molecule has 1 N–H and O–H groups in total. The Balaban J connectivity index is 1.58. The second-order valence-corrected chi connectivity index (χ2v) is 7.74. The molecule has 150 valence electrons. The fraction of sp³-hybridized carbons (Fsp3) is 0.364. The summed E-state index contributed by atoms with van der Waals surface area (Å²) in [5, 5.41) is 7.40. The number of likely N-dealkylation sites (tertiary alicyclic amines) is 1. The number of hydrogen-bond donors (Lipinski definition) is 1. The molecule has 0 bridgehead atoms. The number of amides is 1. The highest BCUT2D eigenvalue weighted by molar-refractivity contribution is 5.80. The van der Waals surface area contributed by atoms with Crippen LogP contribution in [0.4, 0.5) is 5.95 Å². The first-order valence-corrected chi connectivity index (χ1v) is 9.92. The van der Waals surface area contributed by atoms with E-state index in [1.54, 1.807) is 12.4 Å². The van der Waals surface area contributed by atoms with Gasteiger partial charge in [-0.25, -0.2) is 9.97 Å². The SMILES string of the molecule is Cc1ccc(CC(=O)N2CCCC2c2[nH]ncc2-c2ccnc(N(C)C)n2)cc1. The molecule has 1 aliphatic rings. The highest BCUT2D eigenvalue weighted by Gasteiger charge is 2.33. The molecule has 1 amide bonds. The van der Waals surface area contributed by atoms with Crippen molar-refractivity contribution in [2.45, 2.75) is 32.2 Å². The maximum absolute atomic E-state index is 13.1. The number of anilines is 1. The van der Waals surface area contributed by atoms with E-state index in [0.717, 1.165) is 41.9 Å². The summed E-state index contributed by atoms with van der Waals surface area (Å²) in [6.07, 6.45) is 5.86. The first-order valence-electron chi connectivity index (χ1n) is 9.92. The molecule has 0 spiro atoms. The van der Waals surface area contributed by atoms with Gasteiger partial charge in [0.05, 0.1) is 30.0 Å². The average molecular weight is 390 g/mol. The van der Waals surface area contributed by atoms with Gasteiger partial charge in [-0.3, -0.25) is 9.89 Å². The summed E-state index contributed by atoms with van der Waals surface area (Å²) in [6, 6.07) is 10.0. The van der Waals surface area contributed by atoms with Crippen molar-refractivity contribution >= 4 is 11.9 Å². The fourth-order valence-electron chi connectivity index (χ4n) is 3.82. The normalized spacial score (nSPS) is 16.2. The molecule has 0 saturated carbocycles. The van der Waals surface area contributed by atoms with Crippen LogP contribution in [0.15, 0.2) is 42.7 Å². The monoisotopic (exact) mass is 390 g/mol. The molecule has 1 saturated heterocycles. The summed E-state index contributed by atoms with van der Waals surface area (Å²) in [7, 11) is 3.83. The second kappa shape index (κ2) is 8.03. The summed E-state index contributed by atoms with van der Waals surface area (Å²) in [5.41, 5.74) is 4.93. The Hall–Kier alpha value is -3.22. The molecule has 2 aromatic heterocycles. The molecule has 3 aromatic rings. The highest BCUT2D eigenvalue weighted by Crippen LogP contribution is 2.36. The molecule has 4 rings (SSSR count). The van der Waals surface area contributed by atoms with E-state index in [1.165, 1.54) is 5.56 Å². The van der Waals surface area contributed by atoms with Crippen molar-refractivity contribution in [2.75, 3.05) is 25.5 Å². The van der Waals surface area contributed by atoms with Crippen molar-refractivity contribution < 1.29 is 4.79 Å². The highest BCUT2D eigenvalue weighted by atomic mass is 16.2. The summed E-state index contributed by atoms with van der Waals surface area (Å²) in [5.74, 6) is 0.793. The summed E-state index contributed by atoms with van der Waals surface area (Å²) in [6.45, 7) is 2.82. The van der Waals surface area contributed by atoms with Crippen molar-refractivity contribution in [3.05, 3.63) is 59.5 Å². The number of rotatable bonds is 5. The van der Waals surface area contributed by atoms with Crippen LogP contribution in [0.2, 0.25) is 0 Å². The number of nitrogens with zero attached hydrogens (tertiary/aromatic N) is 5. The zero-order chi connectivity index (χ0) is 20.4. The molecule has 29 heavy (non-hydrogen) atoms. The van der Waals surface area contributed by atoms with Crippen LogP contribution in [0.25, 0.3) is 11.3 Å². The third kappa shape index (κ3) is 3.99. The van der Waals surface area contributed by atoms with Gasteiger partial charge >= 0.3 is 0 Å². The minimum absolute atomic E-state index is 0.0109. The molecule has 1 aliphatic heterocycles. The lowest BCUT2D eigenvalue weighted by atomic mass is 10.0. The van der Waals surface area contributed by atoms with Crippen LogP contribution in [0.5, 0.6) is 0 Å². The van der Waals surface area contributed by atoms with Crippen LogP contribution < -0.4 is 4.90 Å². The topological polar surface area (TPSA) is 78.0 Å². The number of hydrogen-bond acceptors (Lipinski definition) is 5. The van der Waals surface area contributed by atoms with Crippen LogP contribution in [-0.4, -0.2) is 51.6 Å². The number of aromatic amines is 1. The lowest BCUT2D eigenvalue weighted by molar-refractivity contribution is -0.131. The summed E-state index contributed by atoms with van der Waals surface area (Å²) in [4.78, 5) is 25.8. The standard InChI is InChI=1S/C22H26N6O/c1-15-6-8-16(9-7-15)13-20(29)28-12-4-5-19(28)21-17(14-24-26-21)18-10-11-23-22(25-18)27(2)3/h6-11,14,19H,4-5,12-13H2,1-3H3,(H,24,26). The third-order valence-corrected chi connectivity index (χ3v) is 5.37. The van der Waals surface area contributed by atoms with Crippen LogP contribution in [0.1, 0.15) is 35.7 Å². The molecule has 3 heterocycles. The molecule has 0 radical (unpaired) electrons. The van der Waals surface area contributed by atoms with Gasteiger partial charge in [0.15, 0.2) is 0 Å². The van der Waals surface area contributed by atoms with Crippen LogP contribution in [0.3, 0.4) is 0 Å². The molecular weight excluding hydrogens is 364 g/mol. The quantitative estimate of drug-likeness (QED) is 0.724. The number of carbonyl (C=O) groups is 1. The Morgan fingerprint density at radius 3 is 2.79 bits per heavy atom. The van der Waals surface area contributed by atoms with Crippen molar-refractivity contribution in [2.24, 2.45) is 0 Å². The zero-order valence-electron chi connectivity index (χ0n) is 17.1. The molecule has 1 fully saturated rings. The fourth-order valence-corrected chi connectivity index (χ4v) is 3.82. The van der Waals surface area contributed by atoms with E-state index in [9.17, 15) is 4.79 Å². The number of carbonyl (C=O) groups excluding carboxylic acids is 1.